The third-order valence-corrected chi connectivity index (χ3v) is 10.5. The van der Waals surface area contributed by atoms with Gasteiger partial charge in [-0.2, -0.15) is 0 Å². The molecule has 10 nitrogen and oxygen atoms in total. The highest BCUT2D eigenvalue weighted by molar-refractivity contribution is 8.02. The summed E-state index contributed by atoms with van der Waals surface area (Å²) in [5.74, 6) is 1.88. The first kappa shape index (κ1) is 38.4. The molecule has 2 aromatic rings. The van der Waals surface area contributed by atoms with Crippen LogP contribution in [-0.4, -0.2) is 88.6 Å². The number of carbonyl (C=O) groups is 2. The minimum Gasteiger partial charge on any atom is -0.448 e. The molecule has 3 aliphatic rings. The number of thioether (sulfide) groups is 1. The predicted octanol–water partition coefficient (Wildman–Crippen LogP) is 5.89. The Morgan fingerprint density at radius 3 is 2.27 bits per heavy atom. The predicted molar refractivity (Wildman–Crippen MR) is 200 cm³/mol. The molecule has 0 amide bonds. The van der Waals surface area contributed by atoms with Crippen LogP contribution in [0.2, 0.25) is 0 Å². The van der Waals surface area contributed by atoms with Crippen LogP contribution in [0.5, 0.6) is 11.5 Å². The van der Waals surface area contributed by atoms with Gasteiger partial charge in [0.1, 0.15) is 18.4 Å². The van der Waals surface area contributed by atoms with E-state index in [1.165, 1.54) is 0 Å². The second-order valence-corrected chi connectivity index (χ2v) is 14.2. The lowest BCUT2D eigenvalue weighted by molar-refractivity contribution is -0.121. The lowest BCUT2D eigenvalue weighted by Crippen LogP contribution is -2.46. The van der Waals surface area contributed by atoms with E-state index >= 15 is 0 Å². The number of aromatic nitrogens is 1. The number of aldehydes is 2. The number of likely N-dealkylation sites (N-methyl/N-ethyl adjacent to an activating group) is 1. The zero-order valence-electron chi connectivity index (χ0n) is 30.6. The highest BCUT2D eigenvalue weighted by Crippen LogP contribution is 2.52. The molecule has 5 rings (SSSR count). The molecule has 3 atom stereocenters. The molecule has 3 unspecified atom stereocenters. The lowest BCUT2D eigenvalue weighted by atomic mass is 9.81. The van der Waals surface area contributed by atoms with Gasteiger partial charge in [-0.1, -0.05) is 0 Å². The van der Waals surface area contributed by atoms with Crippen molar-refractivity contribution in [2.45, 2.75) is 84.3 Å². The number of benzene rings is 1. The molecule has 0 spiro atoms. The van der Waals surface area contributed by atoms with Gasteiger partial charge < -0.3 is 35.1 Å². The number of ether oxygens (including phenoxy) is 3. The number of pyridine rings is 1. The van der Waals surface area contributed by atoms with Crippen molar-refractivity contribution in [3.63, 3.8) is 0 Å². The standard InChI is InChI=1S/C28H37N3O4.C10H18N2OS/c1-17-14-31(15-18(2)33-17)25-11-6-20(13-30-25)24-12-21(16-32)19(3)26-27(24)35-28(4,34-26)22-7-9-23(29-5)10-8-22;1-8(12-3)5-10(14-4)9(7-13)6-11-2/h6,11-13,16-18,22-23,29H,7-10,14-15H2,1-5H3;5,7,11-12H,6H2,1-4H3/b;8-5-,10-9+. The molecule has 1 aromatic carbocycles. The molecule has 0 bridgehead atoms. The van der Waals surface area contributed by atoms with Crippen LogP contribution in [0, 0.1) is 12.8 Å². The first-order chi connectivity index (χ1) is 23.5. The number of anilines is 1. The molecular formula is C38H55N5O5S. The van der Waals surface area contributed by atoms with Crippen molar-refractivity contribution in [1.29, 1.82) is 0 Å². The molecule has 49 heavy (non-hydrogen) atoms. The first-order valence-electron chi connectivity index (χ1n) is 17.3. The smallest absolute Gasteiger partial charge is 0.251 e. The normalized spacial score (nSPS) is 25.6. The summed E-state index contributed by atoms with van der Waals surface area (Å²) in [7, 11) is 5.72. The van der Waals surface area contributed by atoms with Crippen LogP contribution in [0.4, 0.5) is 5.82 Å². The van der Waals surface area contributed by atoms with Crippen LogP contribution in [0.25, 0.3) is 11.1 Å². The summed E-state index contributed by atoms with van der Waals surface area (Å²) >= 11 is 1.58. The van der Waals surface area contributed by atoms with Crippen molar-refractivity contribution < 1.29 is 23.8 Å². The molecule has 1 aliphatic carbocycles. The van der Waals surface area contributed by atoms with Gasteiger partial charge >= 0.3 is 0 Å². The summed E-state index contributed by atoms with van der Waals surface area (Å²) in [6.07, 6.45) is 12.2. The second kappa shape index (κ2) is 17.5. The largest absolute Gasteiger partial charge is 0.448 e. The Morgan fingerprint density at radius 2 is 1.73 bits per heavy atom. The van der Waals surface area contributed by atoms with E-state index in [1.807, 2.05) is 72.6 Å². The summed E-state index contributed by atoms with van der Waals surface area (Å²) in [5.41, 5.74) is 5.04. The number of hydrogen-bond acceptors (Lipinski definition) is 11. The van der Waals surface area contributed by atoms with E-state index in [-0.39, 0.29) is 18.1 Å². The topological polar surface area (TPSA) is 114 Å². The minimum absolute atomic E-state index is 0.169. The zero-order valence-corrected chi connectivity index (χ0v) is 31.5. The number of allylic oxidation sites excluding steroid dienone is 2. The molecule has 3 heterocycles. The number of morpholine rings is 1. The monoisotopic (exact) mass is 693 g/mol. The quantitative estimate of drug-likeness (QED) is 0.149. The van der Waals surface area contributed by atoms with Crippen LogP contribution >= 0.6 is 11.8 Å². The van der Waals surface area contributed by atoms with Crippen LogP contribution in [0.1, 0.15) is 69.3 Å². The van der Waals surface area contributed by atoms with Gasteiger partial charge in [0.05, 0.1) is 12.2 Å². The Bertz CT molecular complexity index is 1490. The van der Waals surface area contributed by atoms with Gasteiger partial charge in [0.2, 0.25) is 0 Å². The number of fused-ring (bicyclic) bond motifs is 1. The lowest BCUT2D eigenvalue weighted by Gasteiger charge is -2.37. The van der Waals surface area contributed by atoms with Gasteiger partial charge in [-0.05, 0) is 98.0 Å². The molecule has 3 N–H and O–H groups in total. The number of nitrogens with one attached hydrogen (secondary N) is 3. The number of carbonyl (C=O) groups excluding carboxylic acids is 2. The van der Waals surface area contributed by atoms with Crippen molar-refractivity contribution in [3.8, 4) is 22.6 Å². The highest BCUT2D eigenvalue weighted by Gasteiger charge is 2.47. The van der Waals surface area contributed by atoms with E-state index in [0.29, 0.717) is 23.9 Å². The van der Waals surface area contributed by atoms with Crippen LogP contribution in [0.15, 0.2) is 46.6 Å². The Morgan fingerprint density at radius 1 is 1.06 bits per heavy atom. The van der Waals surface area contributed by atoms with Crippen molar-refractivity contribution >= 4 is 30.2 Å². The van der Waals surface area contributed by atoms with Crippen molar-refractivity contribution in [1.82, 2.24) is 20.9 Å². The third-order valence-electron chi connectivity index (χ3n) is 9.73. The molecular weight excluding hydrogens is 639 g/mol. The van der Waals surface area contributed by atoms with Crippen LogP contribution < -0.4 is 30.3 Å². The van der Waals surface area contributed by atoms with Crippen molar-refractivity contribution in [2.24, 2.45) is 5.92 Å². The Hall–Kier alpha value is -3.38. The van der Waals surface area contributed by atoms with Crippen molar-refractivity contribution in [3.05, 3.63) is 57.8 Å². The third kappa shape index (κ3) is 9.25. The SMILES string of the molecule is CNC/C(C=O)=C(/C=C(/C)NC)SC.CNC1CCC(C2(C)Oc3c(-c4ccc(N5CC(C)OC(C)C5)nc4)cc(C=O)c(C)c3O2)CC1. The fraction of sp³-hybridized carbons (Fsp3) is 0.553. The fourth-order valence-corrected chi connectivity index (χ4v) is 7.52. The maximum atomic E-state index is 11.9. The van der Waals surface area contributed by atoms with Crippen molar-refractivity contribution in [2.75, 3.05) is 51.9 Å². The van der Waals surface area contributed by atoms with Gasteiger partial charge in [0.25, 0.3) is 5.79 Å². The highest BCUT2D eigenvalue weighted by atomic mass is 32.2. The maximum absolute atomic E-state index is 11.9. The summed E-state index contributed by atoms with van der Waals surface area (Å²) in [6, 6.07) is 6.56. The second-order valence-electron chi connectivity index (χ2n) is 13.4. The fourth-order valence-electron chi connectivity index (χ4n) is 6.84. The maximum Gasteiger partial charge on any atom is 0.251 e. The molecule has 2 fully saturated rings. The van der Waals surface area contributed by atoms with E-state index in [9.17, 15) is 9.59 Å². The van der Waals surface area contributed by atoms with Gasteiger partial charge in [-0.3, -0.25) is 9.59 Å². The van der Waals surface area contributed by atoms with E-state index in [2.05, 4.69) is 40.8 Å². The van der Waals surface area contributed by atoms with E-state index in [4.69, 9.17) is 19.2 Å². The summed E-state index contributed by atoms with van der Waals surface area (Å²) < 4.78 is 19.0. The van der Waals surface area contributed by atoms with Crippen LogP contribution in [0.3, 0.4) is 0 Å². The molecule has 268 valence electrons. The Balaban J connectivity index is 0.000000328. The molecule has 11 heteroatoms. The Labute approximate surface area is 296 Å². The van der Waals surface area contributed by atoms with E-state index < -0.39 is 5.79 Å². The number of hydrogen-bond donors (Lipinski definition) is 3. The zero-order chi connectivity index (χ0) is 35.7. The first-order valence-corrected chi connectivity index (χ1v) is 18.5. The van der Waals surface area contributed by atoms with Gasteiger partial charge in [-0.15, -0.1) is 11.8 Å². The van der Waals surface area contributed by atoms with Gasteiger partial charge in [0.15, 0.2) is 11.5 Å². The minimum atomic E-state index is -0.741. The summed E-state index contributed by atoms with van der Waals surface area (Å²) in [4.78, 5) is 30.8. The van der Waals surface area contributed by atoms with E-state index in [1.54, 1.807) is 11.8 Å². The van der Waals surface area contributed by atoms with Gasteiger partial charge in [-0.25, -0.2) is 4.98 Å². The molecule has 2 aliphatic heterocycles. The summed E-state index contributed by atoms with van der Waals surface area (Å²) in [6.45, 7) is 12.4. The molecule has 1 saturated heterocycles. The molecule has 1 aromatic heterocycles. The summed E-state index contributed by atoms with van der Waals surface area (Å²) in [5, 5.41) is 9.40. The van der Waals surface area contributed by atoms with Gasteiger partial charge in [0, 0.05) is 90.2 Å². The molecule has 0 radical (unpaired) electrons. The average molecular weight is 694 g/mol. The Kier molecular flexibility index (Phi) is 13.7. The number of nitrogens with zero attached hydrogens (tertiary/aromatic N) is 2. The average Bonchev–Trinajstić information content (AvgIpc) is 3.48. The van der Waals surface area contributed by atoms with Crippen LogP contribution in [-0.2, 0) is 9.53 Å². The molecule has 1 saturated carbocycles. The number of rotatable bonds is 11. The van der Waals surface area contributed by atoms with E-state index in [0.717, 1.165) is 95.8 Å².